The average molecular weight is 230 g/mol. The number of carbonyl (C=O) groups excluding carboxylic acids is 1. The SMILES string of the molecule is CC(CO)NC(=O)c1cncc2ccccc12. The second-order valence-electron chi connectivity index (χ2n) is 3.97. The number of amides is 1. The minimum Gasteiger partial charge on any atom is -0.394 e. The zero-order valence-electron chi connectivity index (χ0n) is 9.55. The van der Waals surface area contributed by atoms with Crippen LogP contribution in [0.3, 0.4) is 0 Å². The number of aliphatic hydroxyl groups is 1. The largest absolute Gasteiger partial charge is 0.394 e. The molecule has 0 fully saturated rings. The number of fused-ring (bicyclic) bond motifs is 1. The van der Waals surface area contributed by atoms with Gasteiger partial charge in [0.05, 0.1) is 12.2 Å². The van der Waals surface area contributed by atoms with E-state index in [0.29, 0.717) is 5.56 Å². The van der Waals surface area contributed by atoms with Crippen molar-refractivity contribution in [3.63, 3.8) is 0 Å². The molecule has 0 saturated carbocycles. The highest BCUT2D eigenvalue weighted by atomic mass is 16.3. The Morgan fingerprint density at radius 3 is 2.94 bits per heavy atom. The fraction of sp³-hybridized carbons (Fsp3) is 0.231. The van der Waals surface area contributed by atoms with Crippen molar-refractivity contribution in [3.05, 3.63) is 42.2 Å². The van der Waals surface area contributed by atoms with Crippen LogP contribution in [0.4, 0.5) is 0 Å². The molecule has 1 atom stereocenters. The highest BCUT2D eigenvalue weighted by Gasteiger charge is 2.12. The third-order valence-electron chi connectivity index (χ3n) is 2.56. The van der Waals surface area contributed by atoms with Crippen LogP contribution >= 0.6 is 0 Å². The Kier molecular flexibility index (Phi) is 3.35. The standard InChI is InChI=1S/C13H14N2O2/c1-9(8-16)15-13(17)12-7-14-6-10-4-2-3-5-11(10)12/h2-7,9,16H,8H2,1H3,(H,15,17). The molecule has 1 amide bonds. The second-order valence-corrected chi connectivity index (χ2v) is 3.97. The van der Waals surface area contributed by atoms with Crippen LogP contribution in [0.25, 0.3) is 10.8 Å². The molecule has 2 N–H and O–H groups in total. The molecular formula is C13H14N2O2. The lowest BCUT2D eigenvalue weighted by atomic mass is 10.1. The Morgan fingerprint density at radius 2 is 2.18 bits per heavy atom. The number of nitrogens with one attached hydrogen (secondary N) is 1. The summed E-state index contributed by atoms with van der Waals surface area (Å²) in [6.45, 7) is 1.67. The van der Waals surface area contributed by atoms with E-state index in [4.69, 9.17) is 5.11 Å². The molecule has 2 aromatic rings. The smallest absolute Gasteiger partial charge is 0.253 e. The van der Waals surface area contributed by atoms with Gasteiger partial charge in [0.15, 0.2) is 0 Å². The molecule has 1 heterocycles. The fourth-order valence-electron chi connectivity index (χ4n) is 1.64. The van der Waals surface area contributed by atoms with E-state index in [2.05, 4.69) is 10.3 Å². The normalized spacial score (nSPS) is 12.4. The van der Waals surface area contributed by atoms with E-state index in [1.807, 2.05) is 24.3 Å². The van der Waals surface area contributed by atoms with Crippen LogP contribution in [0.1, 0.15) is 17.3 Å². The van der Waals surface area contributed by atoms with Gasteiger partial charge in [-0.2, -0.15) is 0 Å². The molecule has 0 aliphatic heterocycles. The first-order valence-electron chi connectivity index (χ1n) is 5.47. The Labute approximate surface area is 99.3 Å². The summed E-state index contributed by atoms with van der Waals surface area (Å²) in [5.41, 5.74) is 0.531. The van der Waals surface area contributed by atoms with E-state index in [-0.39, 0.29) is 18.6 Å². The first-order chi connectivity index (χ1) is 8.22. The van der Waals surface area contributed by atoms with Gasteiger partial charge in [0, 0.05) is 23.8 Å². The molecule has 17 heavy (non-hydrogen) atoms. The zero-order valence-corrected chi connectivity index (χ0v) is 9.55. The van der Waals surface area contributed by atoms with Crippen LogP contribution in [0.15, 0.2) is 36.7 Å². The lowest BCUT2D eigenvalue weighted by Crippen LogP contribution is -2.35. The number of nitrogens with zero attached hydrogens (tertiary/aromatic N) is 1. The Morgan fingerprint density at radius 1 is 1.41 bits per heavy atom. The number of hydrogen-bond acceptors (Lipinski definition) is 3. The van der Waals surface area contributed by atoms with Gasteiger partial charge in [0.25, 0.3) is 5.91 Å². The van der Waals surface area contributed by atoms with Gasteiger partial charge in [-0.1, -0.05) is 24.3 Å². The van der Waals surface area contributed by atoms with E-state index in [9.17, 15) is 4.79 Å². The predicted octanol–water partition coefficient (Wildman–Crippen LogP) is 1.35. The van der Waals surface area contributed by atoms with Gasteiger partial charge in [0.1, 0.15) is 0 Å². The second kappa shape index (κ2) is 4.93. The quantitative estimate of drug-likeness (QED) is 0.836. The summed E-state index contributed by atoms with van der Waals surface area (Å²) in [4.78, 5) is 16.0. The van der Waals surface area contributed by atoms with Gasteiger partial charge < -0.3 is 10.4 Å². The topological polar surface area (TPSA) is 62.2 Å². The van der Waals surface area contributed by atoms with Crippen molar-refractivity contribution >= 4 is 16.7 Å². The maximum Gasteiger partial charge on any atom is 0.253 e. The van der Waals surface area contributed by atoms with Crippen molar-refractivity contribution in [2.75, 3.05) is 6.61 Å². The molecule has 1 aromatic carbocycles. The van der Waals surface area contributed by atoms with Gasteiger partial charge in [-0.25, -0.2) is 0 Å². The summed E-state index contributed by atoms with van der Waals surface area (Å²) < 4.78 is 0. The van der Waals surface area contributed by atoms with Crippen molar-refractivity contribution in [3.8, 4) is 0 Å². The molecule has 0 aliphatic carbocycles. The van der Waals surface area contributed by atoms with E-state index in [1.54, 1.807) is 19.3 Å². The van der Waals surface area contributed by atoms with Crippen LogP contribution in [0.5, 0.6) is 0 Å². The fourth-order valence-corrected chi connectivity index (χ4v) is 1.64. The molecule has 0 radical (unpaired) electrons. The van der Waals surface area contributed by atoms with Crippen LogP contribution < -0.4 is 5.32 Å². The molecule has 0 spiro atoms. The highest BCUT2D eigenvalue weighted by molar-refractivity contribution is 6.06. The van der Waals surface area contributed by atoms with E-state index < -0.39 is 0 Å². The summed E-state index contributed by atoms with van der Waals surface area (Å²) >= 11 is 0. The number of rotatable bonds is 3. The molecule has 4 nitrogen and oxygen atoms in total. The van der Waals surface area contributed by atoms with Gasteiger partial charge in [-0.3, -0.25) is 9.78 Å². The number of pyridine rings is 1. The van der Waals surface area contributed by atoms with Gasteiger partial charge >= 0.3 is 0 Å². The first-order valence-corrected chi connectivity index (χ1v) is 5.47. The zero-order chi connectivity index (χ0) is 12.3. The first kappa shape index (κ1) is 11.5. The third-order valence-corrected chi connectivity index (χ3v) is 2.56. The average Bonchev–Trinajstić information content (AvgIpc) is 2.37. The Hall–Kier alpha value is -1.94. The molecule has 4 heteroatoms. The van der Waals surface area contributed by atoms with Crippen LogP contribution in [0, 0.1) is 0 Å². The van der Waals surface area contributed by atoms with Crippen molar-refractivity contribution in [1.29, 1.82) is 0 Å². The lowest BCUT2D eigenvalue weighted by molar-refractivity contribution is 0.0923. The van der Waals surface area contributed by atoms with Crippen molar-refractivity contribution in [1.82, 2.24) is 10.3 Å². The Bertz CT molecular complexity index is 534. The predicted molar refractivity (Wildman–Crippen MR) is 65.8 cm³/mol. The van der Waals surface area contributed by atoms with Crippen molar-refractivity contribution in [2.24, 2.45) is 0 Å². The molecule has 0 bridgehead atoms. The van der Waals surface area contributed by atoms with Crippen LogP contribution in [-0.4, -0.2) is 28.6 Å². The summed E-state index contributed by atoms with van der Waals surface area (Å²) in [6.07, 6.45) is 3.27. The summed E-state index contributed by atoms with van der Waals surface area (Å²) in [5.74, 6) is -0.212. The number of carbonyl (C=O) groups is 1. The molecule has 1 unspecified atom stereocenters. The lowest BCUT2D eigenvalue weighted by Gasteiger charge is -2.11. The monoisotopic (exact) mass is 230 g/mol. The highest BCUT2D eigenvalue weighted by Crippen LogP contribution is 2.16. The number of benzene rings is 1. The van der Waals surface area contributed by atoms with Crippen molar-refractivity contribution in [2.45, 2.75) is 13.0 Å². The van der Waals surface area contributed by atoms with Gasteiger partial charge in [0.2, 0.25) is 0 Å². The third kappa shape index (κ3) is 2.42. The molecule has 88 valence electrons. The number of aliphatic hydroxyl groups excluding tert-OH is 1. The minimum atomic E-state index is -0.263. The van der Waals surface area contributed by atoms with Crippen molar-refractivity contribution < 1.29 is 9.90 Å². The van der Waals surface area contributed by atoms with Crippen LogP contribution in [0.2, 0.25) is 0 Å². The molecule has 1 aromatic heterocycles. The number of hydrogen-bond donors (Lipinski definition) is 2. The van der Waals surface area contributed by atoms with E-state index in [1.165, 1.54) is 0 Å². The van der Waals surface area contributed by atoms with E-state index >= 15 is 0 Å². The van der Waals surface area contributed by atoms with Gasteiger partial charge in [-0.15, -0.1) is 0 Å². The summed E-state index contributed by atoms with van der Waals surface area (Å²) in [7, 11) is 0. The molecule has 0 aliphatic rings. The molecule has 0 saturated heterocycles. The number of aromatic nitrogens is 1. The summed E-state index contributed by atoms with van der Waals surface area (Å²) in [5, 5.41) is 13.4. The minimum absolute atomic E-state index is 0.0794. The molecular weight excluding hydrogens is 216 g/mol. The van der Waals surface area contributed by atoms with Crippen LogP contribution in [-0.2, 0) is 0 Å². The van der Waals surface area contributed by atoms with E-state index in [0.717, 1.165) is 10.8 Å². The maximum atomic E-state index is 12.0. The molecule has 2 rings (SSSR count). The van der Waals surface area contributed by atoms with Gasteiger partial charge in [-0.05, 0) is 12.3 Å². The summed E-state index contributed by atoms with van der Waals surface area (Å²) in [6, 6.07) is 7.32. The Balaban J connectivity index is 2.38. The maximum absolute atomic E-state index is 12.0.